The molecule has 0 spiro atoms. The van der Waals surface area contributed by atoms with Gasteiger partial charge < -0.3 is 14.6 Å². The molecule has 0 aliphatic carbocycles. The first-order chi connectivity index (χ1) is 13.7. The van der Waals surface area contributed by atoms with Gasteiger partial charge in [-0.2, -0.15) is 5.10 Å². The second-order valence-electron chi connectivity index (χ2n) is 6.66. The molecule has 9 heteroatoms. The number of nitrogens with zero attached hydrogens (tertiary/aromatic N) is 5. The van der Waals surface area contributed by atoms with Crippen molar-refractivity contribution in [1.29, 1.82) is 0 Å². The lowest BCUT2D eigenvalue weighted by molar-refractivity contribution is -0.126. The van der Waals surface area contributed by atoms with Gasteiger partial charge >= 0.3 is 0 Å². The Bertz CT molecular complexity index is 913. The molecule has 0 unspecified atom stereocenters. The van der Waals surface area contributed by atoms with Crippen LogP contribution >= 0.6 is 0 Å². The SMILES string of the molecule is O=C(NCc1ccc(-n2cncn2)nc1)C1CCN(C(=O)c2ccoc2)CC1. The van der Waals surface area contributed by atoms with Crippen LogP contribution in [0.15, 0.2) is 54.0 Å². The Balaban J connectivity index is 1.25. The maximum atomic E-state index is 12.5. The topological polar surface area (TPSA) is 106 Å². The molecule has 0 aromatic carbocycles. The highest BCUT2D eigenvalue weighted by Gasteiger charge is 2.28. The zero-order chi connectivity index (χ0) is 19.3. The average molecular weight is 380 g/mol. The molecule has 1 aliphatic rings. The van der Waals surface area contributed by atoms with E-state index in [-0.39, 0.29) is 17.7 Å². The second kappa shape index (κ2) is 8.03. The number of hydrogen-bond acceptors (Lipinski definition) is 6. The molecule has 2 amide bonds. The van der Waals surface area contributed by atoms with Gasteiger partial charge in [-0.1, -0.05) is 6.07 Å². The number of hydrogen-bond donors (Lipinski definition) is 1. The van der Waals surface area contributed by atoms with Crippen LogP contribution in [0.5, 0.6) is 0 Å². The molecular formula is C19H20N6O3. The van der Waals surface area contributed by atoms with Crippen molar-refractivity contribution in [3.8, 4) is 5.82 Å². The smallest absolute Gasteiger partial charge is 0.257 e. The lowest BCUT2D eigenvalue weighted by atomic mass is 9.95. The Hall–Kier alpha value is -3.49. The van der Waals surface area contributed by atoms with E-state index in [4.69, 9.17) is 4.42 Å². The van der Waals surface area contributed by atoms with Crippen LogP contribution in [-0.4, -0.2) is 49.6 Å². The molecule has 1 saturated heterocycles. The number of carbonyl (C=O) groups is 2. The molecule has 1 fully saturated rings. The van der Waals surface area contributed by atoms with Crippen LogP contribution in [0.3, 0.4) is 0 Å². The van der Waals surface area contributed by atoms with Crippen molar-refractivity contribution in [1.82, 2.24) is 30.0 Å². The standard InChI is InChI=1S/C19H20N6O3/c26-18(15-3-6-24(7-4-15)19(27)16-5-8-28-11-16)22-10-14-1-2-17(21-9-14)25-13-20-12-23-25/h1-2,5,8-9,11-13,15H,3-4,6-7,10H2,(H,22,26). The third-order valence-corrected chi connectivity index (χ3v) is 4.85. The maximum absolute atomic E-state index is 12.5. The summed E-state index contributed by atoms with van der Waals surface area (Å²) in [7, 11) is 0. The Labute approximate surface area is 161 Å². The Morgan fingerprint density at radius 2 is 2.07 bits per heavy atom. The van der Waals surface area contributed by atoms with Gasteiger partial charge in [-0.25, -0.2) is 14.6 Å². The van der Waals surface area contributed by atoms with E-state index >= 15 is 0 Å². The molecule has 9 nitrogen and oxygen atoms in total. The minimum atomic E-state index is -0.0872. The van der Waals surface area contributed by atoms with E-state index in [1.54, 1.807) is 28.2 Å². The number of amides is 2. The van der Waals surface area contributed by atoms with Crippen LogP contribution in [0.25, 0.3) is 5.82 Å². The summed E-state index contributed by atoms with van der Waals surface area (Å²) in [4.78, 5) is 34.7. The van der Waals surface area contributed by atoms with Crippen molar-refractivity contribution in [2.45, 2.75) is 19.4 Å². The molecule has 3 aromatic heterocycles. The van der Waals surface area contributed by atoms with Gasteiger partial charge in [0.2, 0.25) is 5.91 Å². The van der Waals surface area contributed by atoms with Gasteiger partial charge in [0.25, 0.3) is 5.91 Å². The molecule has 0 atom stereocenters. The van der Waals surface area contributed by atoms with Gasteiger partial charge in [0.15, 0.2) is 5.82 Å². The van der Waals surface area contributed by atoms with E-state index in [0.717, 1.165) is 5.56 Å². The number of pyridine rings is 1. The molecule has 0 bridgehead atoms. The van der Waals surface area contributed by atoms with E-state index in [1.807, 2.05) is 12.1 Å². The molecule has 1 aliphatic heterocycles. The van der Waals surface area contributed by atoms with Crippen LogP contribution in [0.2, 0.25) is 0 Å². The molecule has 0 saturated carbocycles. The largest absolute Gasteiger partial charge is 0.472 e. The van der Waals surface area contributed by atoms with E-state index in [0.29, 0.717) is 43.9 Å². The summed E-state index contributed by atoms with van der Waals surface area (Å²) in [5.41, 5.74) is 1.45. The summed E-state index contributed by atoms with van der Waals surface area (Å²) >= 11 is 0. The first-order valence-electron chi connectivity index (χ1n) is 9.10. The van der Waals surface area contributed by atoms with Crippen LogP contribution in [0, 0.1) is 5.92 Å². The zero-order valence-electron chi connectivity index (χ0n) is 15.2. The number of aromatic nitrogens is 4. The monoisotopic (exact) mass is 380 g/mol. The molecule has 144 valence electrons. The van der Waals surface area contributed by atoms with Gasteiger partial charge in [-0.05, 0) is 30.5 Å². The van der Waals surface area contributed by atoms with E-state index < -0.39 is 0 Å². The average Bonchev–Trinajstić information content (AvgIpc) is 3.46. The lowest BCUT2D eigenvalue weighted by Gasteiger charge is -2.31. The van der Waals surface area contributed by atoms with Gasteiger partial charge in [-0.15, -0.1) is 0 Å². The highest BCUT2D eigenvalue weighted by atomic mass is 16.3. The summed E-state index contributed by atoms with van der Waals surface area (Å²) < 4.78 is 6.53. The molecular weight excluding hydrogens is 360 g/mol. The summed E-state index contributed by atoms with van der Waals surface area (Å²) in [6.45, 7) is 1.55. The highest BCUT2D eigenvalue weighted by molar-refractivity contribution is 5.94. The van der Waals surface area contributed by atoms with E-state index in [1.165, 1.54) is 18.9 Å². The first kappa shape index (κ1) is 17.9. The number of nitrogens with one attached hydrogen (secondary N) is 1. The molecule has 1 N–H and O–H groups in total. The predicted octanol–water partition coefficient (Wildman–Crippen LogP) is 1.42. The van der Waals surface area contributed by atoms with Gasteiger partial charge in [0, 0.05) is 31.7 Å². The Kier molecular flexibility index (Phi) is 5.14. The third-order valence-electron chi connectivity index (χ3n) is 4.85. The number of rotatable bonds is 5. The quantitative estimate of drug-likeness (QED) is 0.718. The summed E-state index contributed by atoms with van der Waals surface area (Å²) in [5.74, 6) is 0.542. The van der Waals surface area contributed by atoms with Gasteiger partial charge in [-0.3, -0.25) is 9.59 Å². The van der Waals surface area contributed by atoms with Crippen molar-refractivity contribution in [2.24, 2.45) is 5.92 Å². The molecule has 0 radical (unpaired) electrons. The molecule has 28 heavy (non-hydrogen) atoms. The predicted molar refractivity (Wildman–Crippen MR) is 98.3 cm³/mol. The molecule has 4 heterocycles. The number of piperidine rings is 1. The molecule has 3 aromatic rings. The van der Waals surface area contributed by atoms with Crippen LogP contribution in [0.4, 0.5) is 0 Å². The lowest BCUT2D eigenvalue weighted by Crippen LogP contribution is -2.42. The van der Waals surface area contributed by atoms with Crippen molar-refractivity contribution in [3.05, 3.63) is 60.7 Å². The van der Waals surface area contributed by atoms with Gasteiger partial charge in [0.05, 0.1) is 11.8 Å². The minimum absolute atomic E-state index is 0.00997. The fourth-order valence-corrected chi connectivity index (χ4v) is 3.23. The van der Waals surface area contributed by atoms with E-state index in [9.17, 15) is 9.59 Å². The Morgan fingerprint density at radius 3 is 2.71 bits per heavy atom. The fourth-order valence-electron chi connectivity index (χ4n) is 3.23. The van der Waals surface area contributed by atoms with Crippen molar-refractivity contribution in [2.75, 3.05) is 13.1 Å². The van der Waals surface area contributed by atoms with Crippen molar-refractivity contribution in [3.63, 3.8) is 0 Å². The fraction of sp³-hybridized carbons (Fsp3) is 0.316. The van der Waals surface area contributed by atoms with Crippen LogP contribution in [-0.2, 0) is 11.3 Å². The number of carbonyl (C=O) groups excluding carboxylic acids is 2. The third kappa shape index (κ3) is 3.93. The normalized spacial score (nSPS) is 14.8. The van der Waals surface area contributed by atoms with Gasteiger partial charge in [0.1, 0.15) is 18.9 Å². The minimum Gasteiger partial charge on any atom is -0.472 e. The summed E-state index contributed by atoms with van der Waals surface area (Å²) in [5, 5.41) is 6.99. The van der Waals surface area contributed by atoms with E-state index in [2.05, 4.69) is 20.4 Å². The molecule has 4 rings (SSSR count). The number of furan rings is 1. The van der Waals surface area contributed by atoms with Crippen LogP contribution in [0.1, 0.15) is 28.8 Å². The second-order valence-corrected chi connectivity index (χ2v) is 6.66. The highest BCUT2D eigenvalue weighted by Crippen LogP contribution is 2.19. The summed E-state index contributed by atoms with van der Waals surface area (Å²) in [6.07, 6.45) is 8.97. The maximum Gasteiger partial charge on any atom is 0.257 e. The zero-order valence-corrected chi connectivity index (χ0v) is 15.2. The van der Waals surface area contributed by atoms with Crippen molar-refractivity contribution >= 4 is 11.8 Å². The first-order valence-corrected chi connectivity index (χ1v) is 9.10. The van der Waals surface area contributed by atoms with Crippen LogP contribution < -0.4 is 5.32 Å². The number of likely N-dealkylation sites (tertiary alicyclic amines) is 1. The summed E-state index contributed by atoms with van der Waals surface area (Å²) in [6, 6.07) is 5.38. The Morgan fingerprint density at radius 1 is 1.21 bits per heavy atom. The van der Waals surface area contributed by atoms with Crippen molar-refractivity contribution < 1.29 is 14.0 Å².